The SMILES string of the molecule is Cc1ccc(CNc2cccc(C#N)c2)cc1Cl. The summed E-state index contributed by atoms with van der Waals surface area (Å²) in [7, 11) is 0. The summed E-state index contributed by atoms with van der Waals surface area (Å²) in [6, 6.07) is 15.5. The van der Waals surface area contributed by atoms with Crippen molar-refractivity contribution in [3.05, 3.63) is 64.2 Å². The first-order chi connectivity index (χ1) is 8.69. The van der Waals surface area contributed by atoms with Crippen LogP contribution in [0.2, 0.25) is 5.02 Å². The Bertz CT molecular complexity index is 600. The minimum atomic E-state index is 0.655. The van der Waals surface area contributed by atoms with Gasteiger partial charge in [-0.25, -0.2) is 0 Å². The Morgan fingerprint density at radius 3 is 2.78 bits per heavy atom. The van der Waals surface area contributed by atoms with Crippen LogP contribution in [-0.4, -0.2) is 0 Å². The van der Waals surface area contributed by atoms with Gasteiger partial charge in [0, 0.05) is 17.3 Å². The van der Waals surface area contributed by atoms with Crippen LogP contribution in [0.25, 0.3) is 0 Å². The van der Waals surface area contributed by atoms with E-state index in [1.165, 1.54) is 0 Å². The second kappa shape index (κ2) is 5.57. The molecule has 0 aliphatic carbocycles. The minimum Gasteiger partial charge on any atom is -0.381 e. The van der Waals surface area contributed by atoms with Crippen LogP contribution in [0.1, 0.15) is 16.7 Å². The van der Waals surface area contributed by atoms with Gasteiger partial charge in [0.2, 0.25) is 0 Å². The first-order valence-electron chi connectivity index (χ1n) is 5.68. The topological polar surface area (TPSA) is 35.8 Å². The van der Waals surface area contributed by atoms with Gasteiger partial charge in [0.1, 0.15) is 0 Å². The van der Waals surface area contributed by atoms with Crippen molar-refractivity contribution in [2.75, 3.05) is 5.32 Å². The van der Waals surface area contributed by atoms with Crippen molar-refractivity contribution < 1.29 is 0 Å². The second-order valence-electron chi connectivity index (χ2n) is 4.13. The molecule has 2 rings (SSSR count). The lowest BCUT2D eigenvalue weighted by Crippen LogP contribution is -1.99. The van der Waals surface area contributed by atoms with E-state index in [0.717, 1.165) is 21.8 Å². The molecule has 0 aliphatic heterocycles. The molecular formula is C15H13ClN2. The maximum absolute atomic E-state index is 8.82. The molecule has 0 saturated heterocycles. The van der Waals surface area contributed by atoms with E-state index in [-0.39, 0.29) is 0 Å². The van der Waals surface area contributed by atoms with Gasteiger partial charge in [-0.3, -0.25) is 0 Å². The Morgan fingerprint density at radius 2 is 2.06 bits per heavy atom. The van der Waals surface area contributed by atoms with Crippen LogP contribution in [0.3, 0.4) is 0 Å². The summed E-state index contributed by atoms with van der Waals surface area (Å²) in [6.07, 6.45) is 0. The van der Waals surface area contributed by atoms with Crippen LogP contribution in [0.15, 0.2) is 42.5 Å². The molecule has 0 aromatic heterocycles. The van der Waals surface area contributed by atoms with Gasteiger partial charge >= 0.3 is 0 Å². The second-order valence-corrected chi connectivity index (χ2v) is 4.54. The van der Waals surface area contributed by atoms with E-state index in [2.05, 4.69) is 11.4 Å². The van der Waals surface area contributed by atoms with Crippen molar-refractivity contribution in [1.29, 1.82) is 5.26 Å². The third-order valence-corrected chi connectivity index (χ3v) is 3.13. The normalized spacial score (nSPS) is 9.83. The average Bonchev–Trinajstić information content (AvgIpc) is 2.40. The number of nitriles is 1. The summed E-state index contributed by atoms with van der Waals surface area (Å²) in [4.78, 5) is 0. The van der Waals surface area contributed by atoms with Gasteiger partial charge in [0.05, 0.1) is 11.6 Å². The molecule has 0 aliphatic rings. The molecule has 0 fully saturated rings. The van der Waals surface area contributed by atoms with Crippen molar-refractivity contribution >= 4 is 17.3 Å². The van der Waals surface area contributed by atoms with E-state index < -0.39 is 0 Å². The number of anilines is 1. The number of nitrogens with one attached hydrogen (secondary N) is 1. The van der Waals surface area contributed by atoms with Crippen molar-refractivity contribution in [2.45, 2.75) is 13.5 Å². The lowest BCUT2D eigenvalue weighted by molar-refractivity contribution is 1.14. The van der Waals surface area contributed by atoms with Gasteiger partial charge in [-0.1, -0.05) is 29.8 Å². The zero-order chi connectivity index (χ0) is 13.0. The zero-order valence-electron chi connectivity index (χ0n) is 10.1. The molecule has 90 valence electrons. The Labute approximate surface area is 112 Å². The average molecular weight is 257 g/mol. The molecule has 0 unspecified atom stereocenters. The van der Waals surface area contributed by atoms with Crippen LogP contribution in [0, 0.1) is 18.3 Å². The number of benzene rings is 2. The Balaban J connectivity index is 2.07. The predicted molar refractivity (Wildman–Crippen MR) is 74.7 cm³/mol. The van der Waals surface area contributed by atoms with E-state index in [0.29, 0.717) is 12.1 Å². The fraction of sp³-hybridized carbons (Fsp3) is 0.133. The van der Waals surface area contributed by atoms with E-state index in [1.54, 1.807) is 6.07 Å². The highest BCUT2D eigenvalue weighted by Crippen LogP contribution is 2.18. The third kappa shape index (κ3) is 3.03. The van der Waals surface area contributed by atoms with Crippen molar-refractivity contribution in [2.24, 2.45) is 0 Å². The maximum atomic E-state index is 8.82. The van der Waals surface area contributed by atoms with E-state index in [9.17, 15) is 0 Å². The van der Waals surface area contributed by atoms with Gasteiger partial charge in [-0.2, -0.15) is 5.26 Å². The summed E-state index contributed by atoms with van der Waals surface area (Å²) in [5.41, 5.74) is 3.78. The standard InChI is InChI=1S/C15H13ClN2/c1-11-5-6-13(8-15(11)16)10-18-14-4-2-3-12(7-14)9-17/h2-8,18H,10H2,1H3. The number of hydrogen-bond acceptors (Lipinski definition) is 2. The molecule has 0 bridgehead atoms. The van der Waals surface area contributed by atoms with Gasteiger partial charge < -0.3 is 5.32 Å². The molecule has 0 spiro atoms. The summed E-state index contributed by atoms with van der Waals surface area (Å²) < 4.78 is 0. The van der Waals surface area contributed by atoms with Crippen molar-refractivity contribution in [1.82, 2.24) is 0 Å². The highest BCUT2D eigenvalue weighted by atomic mass is 35.5. The number of nitrogens with zero attached hydrogens (tertiary/aromatic N) is 1. The highest BCUT2D eigenvalue weighted by Gasteiger charge is 1.99. The van der Waals surface area contributed by atoms with Gasteiger partial charge in [0.15, 0.2) is 0 Å². The molecule has 0 saturated carbocycles. The molecule has 2 aromatic rings. The van der Waals surface area contributed by atoms with Crippen molar-refractivity contribution in [3.63, 3.8) is 0 Å². The lowest BCUT2D eigenvalue weighted by Gasteiger charge is -2.08. The summed E-state index contributed by atoms with van der Waals surface area (Å²) >= 11 is 6.07. The molecule has 2 nitrogen and oxygen atoms in total. The van der Waals surface area contributed by atoms with Crippen LogP contribution in [0.4, 0.5) is 5.69 Å². The molecule has 1 N–H and O–H groups in total. The third-order valence-electron chi connectivity index (χ3n) is 2.72. The van der Waals surface area contributed by atoms with Gasteiger partial charge in [-0.15, -0.1) is 0 Å². The van der Waals surface area contributed by atoms with Gasteiger partial charge in [0.25, 0.3) is 0 Å². The minimum absolute atomic E-state index is 0.655. The fourth-order valence-electron chi connectivity index (χ4n) is 1.65. The molecule has 3 heteroatoms. The highest BCUT2D eigenvalue weighted by molar-refractivity contribution is 6.31. The molecule has 0 heterocycles. The quantitative estimate of drug-likeness (QED) is 0.896. The molecule has 0 atom stereocenters. The van der Waals surface area contributed by atoms with Gasteiger partial charge in [-0.05, 0) is 42.3 Å². The summed E-state index contributed by atoms with van der Waals surface area (Å²) in [6.45, 7) is 2.67. The van der Waals surface area contributed by atoms with Crippen molar-refractivity contribution in [3.8, 4) is 6.07 Å². The summed E-state index contributed by atoms with van der Waals surface area (Å²) in [5.74, 6) is 0. The van der Waals surface area contributed by atoms with Crippen LogP contribution in [-0.2, 0) is 6.54 Å². The Hall–Kier alpha value is -1.98. The molecule has 18 heavy (non-hydrogen) atoms. The van der Waals surface area contributed by atoms with E-state index in [1.807, 2.05) is 43.3 Å². The number of aryl methyl sites for hydroxylation is 1. The molecule has 0 amide bonds. The molecule has 2 aromatic carbocycles. The Morgan fingerprint density at radius 1 is 1.22 bits per heavy atom. The predicted octanol–water partition coefficient (Wildman–Crippen LogP) is 4.13. The van der Waals surface area contributed by atoms with E-state index in [4.69, 9.17) is 16.9 Å². The number of hydrogen-bond donors (Lipinski definition) is 1. The monoisotopic (exact) mass is 256 g/mol. The smallest absolute Gasteiger partial charge is 0.0992 e. The summed E-state index contributed by atoms with van der Waals surface area (Å²) in [5, 5.41) is 12.9. The largest absolute Gasteiger partial charge is 0.381 e. The van der Waals surface area contributed by atoms with Crippen LogP contribution < -0.4 is 5.32 Å². The van der Waals surface area contributed by atoms with E-state index >= 15 is 0 Å². The zero-order valence-corrected chi connectivity index (χ0v) is 10.8. The van der Waals surface area contributed by atoms with Crippen LogP contribution in [0.5, 0.6) is 0 Å². The first kappa shape index (κ1) is 12.5. The lowest BCUT2D eigenvalue weighted by atomic mass is 10.1. The fourth-order valence-corrected chi connectivity index (χ4v) is 1.85. The first-order valence-corrected chi connectivity index (χ1v) is 6.06. The molecule has 0 radical (unpaired) electrons. The number of rotatable bonds is 3. The number of halogens is 1. The molecular weight excluding hydrogens is 244 g/mol. The van der Waals surface area contributed by atoms with Crippen LogP contribution >= 0.6 is 11.6 Å². The maximum Gasteiger partial charge on any atom is 0.0992 e. The Kier molecular flexibility index (Phi) is 3.86.